The first-order chi connectivity index (χ1) is 9.60. The van der Waals surface area contributed by atoms with E-state index in [0.29, 0.717) is 5.25 Å². The molecule has 1 nitrogen and oxygen atoms in total. The van der Waals surface area contributed by atoms with E-state index >= 15 is 0 Å². The van der Waals surface area contributed by atoms with E-state index in [-0.39, 0.29) is 11.9 Å². The van der Waals surface area contributed by atoms with Crippen molar-refractivity contribution in [3.05, 3.63) is 65.5 Å². The van der Waals surface area contributed by atoms with Crippen LogP contribution in [0.3, 0.4) is 0 Å². The Labute approximate surface area is 124 Å². The quantitative estimate of drug-likeness (QED) is 0.809. The maximum Gasteiger partial charge on any atom is 0.123 e. The van der Waals surface area contributed by atoms with Crippen LogP contribution in [-0.2, 0) is 0 Å². The zero-order chi connectivity index (χ0) is 14.5. The van der Waals surface area contributed by atoms with Crippen LogP contribution in [0.4, 0.5) is 4.39 Å². The van der Waals surface area contributed by atoms with Gasteiger partial charge in [-0.05, 0) is 43.8 Å². The summed E-state index contributed by atoms with van der Waals surface area (Å²) in [5, 5.41) is 3.73. The molecule has 0 aliphatic rings. The van der Waals surface area contributed by atoms with Gasteiger partial charge in [-0.15, -0.1) is 11.8 Å². The number of halogens is 1. The van der Waals surface area contributed by atoms with Crippen molar-refractivity contribution in [1.29, 1.82) is 0 Å². The summed E-state index contributed by atoms with van der Waals surface area (Å²) in [5.41, 5.74) is 2.54. The molecule has 1 N–H and O–H groups in total. The van der Waals surface area contributed by atoms with Gasteiger partial charge in [0, 0.05) is 16.2 Å². The van der Waals surface area contributed by atoms with Crippen molar-refractivity contribution in [3.8, 4) is 0 Å². The Hall–Kier alpha value is -1.32. The summed E-state index contributed by atoms with van der Waals surface area (Å²) in [6, 6.07) is 15.5. The molecule has 0 saturated carbocycles. The molecule has 2 aromatic carbocycles. The monoisotopic (exact) mass is 289 g/mol. The summed E-state index contributed by atoms with van der Waals surface area (Å²) in [5.74, 6) is -0.189. The van der Waals surface area contributed by atoms with E-state index < -0.39 is 0 Å². The Morgan fingerprint density at radius 3 is 2.15 bits per heavy atom. The fraction of sp³-hybridized carbons (Fsp3) is 0.294. The average Bonchev–Trinajstić information content (AvgIpc) is 2.44. The number of rotatable bonds is 5. The molecular formula is C17H20FNS. The van der Waals surface area contributed by atoms with Crippen LogP contribution in [0, 0.1) is 12.7 Å². The normalized spacial score (nSPS) is 14.0. The number of nitrogens with one attached hydrogen (secondary N) is 1. The van der Waals surface area contributed by atoms with Gasteiger partial charge in [0.25, 0.3) is 0 Å². The van der Waals surface area contributed by atoms with Gasteiger partial charge in [0.05, 0.1) is 0 Å². The van der Waals surface area contributed by atoms with Crippen LogP contribution in [0.25, 0.3) is 0 Å². The van der Waals surface area contributed by atoms with E-state index in [1.54, 1.807) is 11.8 Å². The van der Waals surface area contributed by atoms with Crippen molar-refractivity contribution >= 4 is 11.8 Å². The van der Waals surface area contributed by atoms with Gasteiger partial charge in [0.2, 0.25) is 0 Å². The predicted octanol–water partition coefficient (Wildman–Crippen LogP) is 4.58. The van der Waals surface area contributed by atoms with E-state index in [9.17, 15) is 4.39 Å². The molecule has 106 valence electrons. The van der Waals surface area contributed by atoms with Crippen LogP contribution in [0.5, 0.6) is 0 Å². The van der Waals surface area contributed by atoms with Gasteiger partial charge in [-0.25, -0.2) is 4.39 Å². The highest BCUT2D eigenvalue weighted by Gasteiger charge is 2.18. The Kier molecular flexibility index (Phi) is 5.21. The molecule has 0 bridgehead atoms. The number of aryl methyl sites for hydroxylation is 1. The summed E-state index contributed by atoms with van der Waals surface area (Å²) in [7, 11) is 1.98. The molecule has 20 heavy (non-hydrogen) atoms. The molecular weight excluding hydrogens is 269 g/mol. The van der Waals surface area contributed by atoms with Crippen molar-refractivity contribution < 1.29 is 4.39 Å². The third kappa shape index (κ3) is 3.84. The molecule has 0 aliphatic carbocycles. The molecule has 2 atom stereocenters. The van der Waals surface area contributed by atoms with Crippen LogP contribution in [0.15, 0.2) is 53.4 Å². The fourth-order valence-corrected chi connectivity index (χ4v) is 3.39. The SMILES string of the molecule is CNC(c1ccc(C)cc1)C(C)Sc1ccc(F)cc1. The highest BCUT2D eigenvalue weighted by Crippen LogP contribution is 2.32. The zero-order valence-electron chi connectivity index (χ0n) is 12.1. The molecule has 2 rings (SSSR count). The third-order valence-electron chi connectivity index (χ3n) is 3.35. The van der Waals surface area contributed by atoms with Crippen molar-refractivity contribution in [1.82, 2.24) is 5.32 Å². The first-order valence-corrected chi connectivity index (χ1v) is 7.64. The second kappa shape index (κ2) is 6.91. The number of benzene rings is 2. The first-order valence-electron chi connectivity index (χ1n) is 6.76. The van der Waals surface area contributed by atoms with E-state index in [4.69, 9.17) is 0 Å². The number of hydrogen-bond donors (Lipinski definition) is 1. The molecule has 0 aliphatic heterocycles. The average molecular weight is 289 g/mol. The van der Waals surface area contributed by atoms with E-state index in [0.717, 1.165) is 4.90 Å². The summed E-state index contributed by atoms with van der Waals surface area (Å²) >= 11 is 1.75. The van der Waals surface area contributed by atoms with Crippen LogP contribution < -0.4 is 5.32 Å². The van der Waals surface area contributed by atoms with Gasteiger partial charge < -0.3 is 5.32 Å². The highest BCUT2D eigenvalue weighted by molar-refractivity contribution is 8.00. The summed E-state index contributed by atoms with van der Waals surface area (Å²) in [4.78, 5) is 1.09. The number of hydrogen-bond acceptors (Lipinski definition) is 2. The Bertz CT molecular complexity index is 536. The van der Waals surface area contributed by atoms with Crippen LogP contribution >= 0.6 is 11.8 Å². The van der Waals surface area contributed by atoms with Gasteiger partial charge in [-0.3, -0.25) is 0 Å². The lowest BCUT2D eigenvalue weighted by Gasteiger charge is -2.24. The van der Waals surface area contributed by atoms with E-state index in [1.165, 1.54) is 23.3 Å². The first kappa shape index (κ1) is 15.1. The van der Waals surface area contributed by atoms with Gasteiger partial charge in [-0.2, -0.15) is 0 Å². The topological polar surface area (TPSA) is 12.0 Å². The van der Waals surface area contributed by atoms with Crippen molar-refractivity contribution in [2.24, 2.45) is 0 Å². The van der Waals surface area contributed by atoms with Gasteiger partial charge in [-0.1, -0.05) is 36.8 Å². The maximum absolute atomic E-state index is 12.9. The Morgan fingerprint density at radius 1 is 1.00 bits per heavy atom. The van der Waals surface area contributed by atoms with Crippen molar-refractivity contribution in [3.63, 3.8) is 0 Å². The van der Waals surface area contributed by atoms with Crippen LogP contribution in [0.1, 0.15) is 24.1 Å². The Morgan fingerprint density at radius 2 is 1.60 bits per heavy atom. The molecule has 3 heteroatoms. The molecule has 2 aromatic rings. The number of thioether (sulfide) groups is 1. The lowest BCUT2D eigenvalue weighted by Crippen LogP contribution is -2.25. The van der Waals surface area contributed by atoms with Crippen LogP contribution in [0.2, 0.25) is 0 Å². The second-order valence-corrected chi connectivity index (χ2v) is 6.40. The van der Waals surface area contributed by atoms with Gasteiger partial charge in [0.1, 0.15) is 5.82 Å². The lowest BCUT2D eigenvalue weighted by molar-refractivity contribution is 0.589. The van der Waals surface area contributed by atoms with Gasteiger partial charge >= 0.3 is 0 Å². The summed E-state index contributed by atoms with van der Waals surface area (Å²) in [6.45, 7) is 4.28. The van der Waals surface area contributed by atoms with E-state index in [1.807, 2.05) is 19.2 Å². The molecule has 0 spiro atoms. The maximum atomic E-state index is 12.9. The Balaban J connectivity index is 2.10. The molecule has 0 saturated heterocycles. The minimum absolute atomic E-state index is 0.189. The lowest BCUT2D eigenvalue weighted by atomic mass is 10.0. The highest BCUT2D eigenvalue weighted by atomic mass is 32.2. The standard InChI is InChI=1S/C17H20FNS/c1-12-4-6-14(7-5-12)17(19-3)13(2)20-16-10-8-15(18)9-11-16/h4-11,13,17,19H,1-3H3. The molecule has 0 radical (unpaired) electrons. The second-order valence-electron chi connectivity index (χ2n) is 4.95. The predicted molar refractivity (Wildman–Crippen MR) is 84.7 cm³/mol. The molecule has 0 heterocycles. The van der Waals surface area contributed by atoms with Crippen molar-refractivity contribution in [2.75, 3.05) is 7.05 Å². The largest absolute Gasteiger partial charge is 0.312 e. The summed E-state index contributed by atoms with van der Waals surface area (Å²) < 4.78 is 12.9. The fourth-order valence-electron chi connectivity index (χ4n) is 2.24. The van der Waals surface area contributed by atoms with Crippen LogP contribution in [-0.4, -0.2) is 12.3 Å². The zero-order valence-corrected chi connectivity index (χ0v) is 12.9. The molecule has 0 amide bonds. The molecule has 0 fully saturated rings. The third-order valence-corrected chi connectivity index (χ3v) is 4.54. The minimum Gasteiger partial charge on any atom is -0.312 e. The molecule has 0 aromatic heterocycles. The van der Waals surface area contributed by atoms with E-state index in [2.05, 4.69) is 43.4 Å². The molecule has 2 unspecified atom stereocenters. The van der Waals surface area contributed by atoms with Crippen molar-refractivity contribution in [2.45, 2.75) is 30.0 Å². The minimum atomic E-state index is -0.189. The smallest absolute Gasteiger partial charge is 0.123 e. The summed E-state index contributed by atoms with van der Waals surface area (Å²) in [6.07, 6.45) is 0. The van der Waals surface area contributed by atoms with Gasteiger partial charge in [0.15, 0.2) is 0 Å².